The predicted molar refractivity (Wildman–Crippen MR) is 96.2 cm³/mol. The molecular weight excluding hydrogens is 349 g/mol. The number of aryl methyl sites for hydroxylation is 1. The third-order valence-corrected chi connectivity index (χ3v) is 3.85. The second-order valence-corrected chi connectivity index (χ2v) is 5.81. The fourth-order valence-electron chi connectivity index (χ4n) is 2.54. The molecule has 4 rings (SSSR count). The number of carbonyl (C=O) groups excluding carboxylic acids is 1. The molecule has 1 amide bonds. The van der Waals surface area contributed by atoms with Crippen LogP contribution in [0.1, 0.15) is 10.5 Å². The van der Waals surface area contributed by atoms with Crippen molar-refractivity contribution in [2.75, 3.05) is 5.32 Å². The van der Waals surface area contributed by atoms with Gasteiger partial charge in [0.05, 0.1) is 12.7 Å². The molecule has 0 radical (unpaired) electrons. The van der Waals surface area contributed by atoms with Crippen molar-refractivity contribution >= 4 is 11.6 Å². The van der Waals surface area contributed by atoms with E-state index in [1.54, 1.807) is 43.4 Å². The zero-order valence-corrected chi connectivity index (χ0v) is 14.2. The van der Waals surface area contributed by atoms with E-state index in [2.05, 4.69) is 30.9 Å². The summed E-state index contributed by atoms with van der Waals surface area (Å²) in [7, 11) is 1.68. The van der Waals surface area contributed by atoms with Crippen molar-refractivity contribution in [3.8, 4) is 22.6 Å². The van der Waals surface area contributed by atoms with E-state index in [0.717, 1.165) is 5.56 Å². The molecule has 2 aromatic carbocycles. The predicted octanol–water partition coefficient (Wildman–Crippen LogP) is 2.66. The number of rotatable bonds is 4. The van der Waals surface area contributed by atoms with Crippen LogP contribution in [0.15, 0.2) is 54.6 Å². The second kappa shape index (κ2) is 6.79. The molecule has 0 saturated carbocycles. The maximum Gasteiger partial charge on any atom is 0.273 e. The third kappa shape index (κ3) is 3.56. The number of nitrogens with one attached hydrogen (secondary N) is 2. The Morgan fingerprint density at radius 3 is 2.67 bits per heavy atom. The molecule has 134 valence electrons. The van der Waals surface area contributed by atoms with Crippen LogP contribution < -0.4 is 5.32 Å². The van der Waals surface area contributed by atoms with Crippen molar-refractivity contribution in [3.05, 3.63) is 66.1 Å². The number of hydrogen-bond acceptors (Lipinski definition) is 5. The van der Waals surface area contributed by atoms with Gasteiger partial charge in [-0.05, 0) is 47.7 Å². The van der Waals surface area contributed by atoms with Crippen molar-refractivity contribution in [3.63, 3.8) is 0 Å². The standard InChI is InChI=1S/C18H14FN7O/c1-26-24-17(23-25-26)12-3-2-4-14(9-12)20-18(27)16-10-15(21-22-16)11-5-7-13(19)8-6-11/h2-10H,1H3,(H,20,27)(H,21,22). The molecule has 4 aromatic rings. The Hall–Kier alpha value is -3.88. The average molecular weight is 363 g/mol. The smallest absolute Gasteiger partial charge is 0.273 e. The van der Waals surface area contributed by atoms with Crippen LogP contribution in [0.25, 0.3) is 22.6 Å². The summed E-state index contributed by atoms with van der Waals surface area (Å²) in [6.45, 7) is 0. The Balaban J connectivity index is 1.52. The van der Waals surface area contributed by atoms with Crippen LogP contribution in [0.5, 0.6) is 0 Å². The molecule has 0 aliphatic rings. The van der Waals surface area contributed by atoms with E-state index in [-0.39, 0.29) is 17.4 Å². The summed E-state index contributed by atoms with van der Waals surface area (Å²) in [5, 5.41) is 21.5. The molecule has 2 heterocycles. The minimum atomic E-state index is -0.347. The van der Waals surface area contributed by atoms with E-state index in [9.17, 15) is 9.18 Å². The van der Waals surface area contributed by atoms with Gasteiger partial charge >= 0.3 is 0 Å². The van der Waals surface area contributed by atoms with Crippen molar-refractivity contribution in [2.24, 2.45) is 7.05 Å². The molecule has 0 spiro atoms. The average Bonchev–Trinajstić information content (AvgIpc) is 3.32. The molecule has 0 unspecified atom stereocenters. The van der Waals surface area contributed by atoms with E-state index >= 15 is 0 Å². The molecule has 0 atom stereocenters. The van der Waals surface area contributed by atoms with E-state index in [1.807, 2.05) is 6.07 Å². The number of nitrogens with zero attached hydrogens (tertiary/aromatic N) is 5. The van der Waals surface area contributed by atoms with E-state index in [1.165, 1.54) is 16.9 Å². The zero-order valence-electron chi connectivity index (χ0n) is 14.2. The molecule has 9 heteroatoms. The Morgan fingerprint density at radius 2 is 1.93 bits per heavy atom. The lowest BCUT2D eigenvalue weighted by Gasteiger charge is -2.04. The fourth-order valence-corrected chi connectivity index (χ4v) is 2.54. The van der Waals surface area contributed by atoms with Crippen molar-refractivity contribution in [1.29, 1.82) is 0 Å². The summed E-state index contributed by atoms with van der Waals surface area (Å²) in [6.07, 6.45) is 0. The fraction of sp³-hybridized carbons (Fsp3) is 0.0556. The van der Waals surface area contributed by atoms with Crippen LogP contribution in [0.2, 0.25) is 0 Å². The zero-order chi connectivity index (χ0) is 18.8. The molecule has 0 aliphatic carbocycles. The highest BCUT2D eigenvalue weighted by Gasteiger charge is 2.12. The van der Waals surface area contributed by atoms with Crippen LogP contribution in [-0.2, 0) is 7.05 Å². The summed E-state index contributed by atoms with van der Waals surface area (Å²) in [5.74, 6) is -0.210. The first-order chi connectivity index (χ1) is 13.1. The molecule has 8 nitrogen and oxygen atoms in total. The number of benzene rings is 2. The number of H-pyrrole nitrogens is 1. The Labute approximate surface area is 153 Å². The number of aromatic amines is 1. The van der Waals surface area contributed by atoms with Crippen LogP contribution in [-0.4, -0.2) is 36.3 Å². The largest absolute Gasteiger partial charge is 0.321 e. The molecule has 27 heavy (non-hydrogen) atoms. The van der Waals surface area contributed by atoms with Gasteiger partial charge in [0.1, 0.15) is 11.5 Å². The molecule has 2 aromatic heterocycles. The van der Waals surface area contributed by atoms with Crippen LogP contribution in [0, 0.1) is 5.82 Å². The highest BCUT2D eigenvalue weighted by Crippen LogP contribution is 2.21. The Kier molecular flexibility index (Phi) is 4.17. The molecule has 0 bridgehead atoms. The highest BCUT2D eigenvalue weighted by atomic mass is 19.1. The van der Waals surface area contributed by atoms with Gasteiger partial charge in [0.2, 0.25) is 5.82 Å². The summed E-state index contributed by atoms with van der Waals surface area (Å²) < 4.78 is 13.0. The quantitative estimate of drug-likeness (QED) is 0.580. The Bertz CT molecular complexity index is 1100. The summed E-state index contributed by atoms with van der Waals surface area (Å²) in [6, 6.07) is 14.6. The number of halogens is 1. The van der Waals surface area contributed by atoms with Crippen LogP contribution in [0.4, 0.5) is 10.1 Å². The first kappa shape index (κ1) is 16.6. The normalized spacial score (nSPS) is 10.7. The molecule has 0 fully saturated rings. The number of amides is 1. The first-order valence-electron chi connectivity index (χ1n) is 8.05. The minimum Gasteiger partial charge on any atom is -0.321 e. The number of carbonyl (C=O) groups is 1. The molecular formula is C18H14FN7O. The number of anilines is 1. The van der Waals surface area contributed by atoms with E-state index < -0.39 is 0 Å². The van der Waals surface area contributed by atoms with Gasteiger partial charge in [-0.2, -0.15) is 9.90 Å². The third-order valence-electron chi connectivity index (χ3n) is 3.85. The maximum atomic E-state index is 13.0. The highest BCUT2D eigenvalue weighted by molar-refractivity contribution is 6.03. The monoisotopic (exact) mass is 363 g/mol. The molecule has 0 saturated heterocycles. The van der Waals surface area contributed by atoms with E-state index in [0.29, 0.717) is 22.8 Å². The summed E-state index contributed by atoms with van der Waals surface area (Å²) >= 11 is 0. The summed E-state index contributed by atoms with van der Waals surface area (Å²) in [5.41, 5.74) is 2.87. The number of aromatic nitrogens is 6. The van der Waals surface area contributed by atoms with Gasteiger partial charge < -0.3 is 5.32 Å². The molecule has 2 N–H and O–H groups in total. The van der Waals surface area contributed by atoms with Gasteiger partial charge in [-0.3, -0.25) is 9.89 Å². The lowest BCUT2D eigenvalue weighted by Crippen LogP contribution is -2.12. The van der Waals surface area contributed by atoms with Gasteiger partial charge in [0.25, 0.3) is 5.91 Å². The van der Waals surface area contributed by atoms with Gasteiger partial charge in [-0.1, -0.05) is 12.1 Å². The van der Waals surface area contributed by atoms with Crippen molar-refractivity contribution < 1.29 is 9.18 Å². The van der Waals surface area contributed by atoms with Gasteiger partial charge in [0.15, 0.2) is 0 Å². The van der Waals surface area contributed by atoms with E-state index in [4.69, 9.17) is 0 Å². The minimum absolute atomic E-state index is 0.289. The lowest BCUT2D eigenvalue weighted by molar-refractivity contribution is 0.102. The van der Waals surface area contributed by atoms with Crippen LogP contribution >= 0.6 is 0 Å². The van der Waals surface area contributed by atoms with Crippen molar-refractivity contribution in [1.82, 2.24) is 30.4 Å². The van der Waals surface area contributed by atoms with Gasteiger partial charge in [-0.15, -0.1) is 10.2 Å². The Morgan fingerprint density at radius 1 is 1.11 bits per heavy atom. The lowest BCUT2D eigenvalue weighted by atomic mass is 10.1. The number of tetrazole rings is 1. The molecule has 0 aliphatic heterocycles. The maximum absolute atomic E-state index is 13.0. The van der Waals surface area contributed by atoms with Gasteiger partial charge in [-0.25, -0.2) is 4.39 Å². The second-order valence-electron chi connectivity index (χ2n) is 5.81. The number of hydrogen-bond donors (Lipinski definition) is 2. The summed E-state index contributed by atoms with van der Waals surface area (Å²) in [4.78, 5) is 13.8. The first-order valence-corrected chi connectivity index (χ1v) is 8.05. The SMILES string of the molecule is Cn1nnc(-c2cccc(NC(=O)c3cc(-c4ccc(F)cc4)n[nH]3)c2)n1. The topological polar surface area (TPSA) is 101 Å². The van der Waals surface area contributed by atoms with Crippen molar-refractivity contribution in [2.45, 2.75) is 0 Å². The van der Waals surface area contributed by atoms with Crippen LogP contribution in [0.3, 0.4) is 0 Å². The van der Waals surface area contributed by atoms with Gasteiger partial charge in [0, 0.05) is 16.8 Å².